The monoisotopic (exact) mass is 329 g/mol. The molecule has 0 aliphatic rings. The summed E-state index contributed by atoms with van der Waals surface area (Å²) in [5, 5.41) is 0. The molecule has 0 aliphatic heterocycles. The van der Waals surface area contributed by atoms with Crippen molar-refractivity contribution in [1.82, 2.24) is 0 Å². The van der Waals surface area contributed by atoms with Crippen LogP contribution in [0.4, 0.5) is 0 Å². The molecule has 130 valence electrons. The van der Waals surface area contributed by atoms with Gasteiger partial charge in [-0.2, -0.15) is 0 Å². The minimum absolute atomic E-state index is 0.150. The first-order valence-corrected chi connectivity index (χ1v) is 8.45. The van der Waals surface area contributed by atoms with Gasteiger partial charge in [-0.15, -0.1) is 0 Å². The summed E-state index contributed by atoms with van der Waals surface area (Å²) in [5.41, 5.74) is 8.29. The van der Waals surface area contributed by atoms with E-state index in [2.05, 4.69) is 12.1 Å². The molecule has 1 unspecified atom stereocenters. The molecule has 0 fully saturated rings. The van der Waals surface area contributed by atoms with E-state index in [1.54, 1.807) is 7.11 Å². The quantitative estimate of drug-likeness (QED) is 0.761. The van der Waals surface area contributed by atoms with Gasteiger partial charge in [-0.1, -0.05) is 30.3 Å². The van der Waals surface area contributed by atoms with Gasteiger partial charge in [0.25, 0.3) is 0 Å². The molecule has 0 aromatic heterocycles. The molecule has 24 heavy (non-hydrogen) atoms. The first-order chi connectivity index (χ1) is 11.7. The number of ether oxygens (including phenoxy) is 3. The molecule has 0 saturated heterocycles. The van der Waals surface area contributed by atoms with Crippen molar-refractivity contribution in [2.45, 2.75) is 26.2 Å². The SMILES string of the molecule is CCOc1cccc(CC(CN)c2ccccc2OC)c1OCC. The summed E-state index contributed by atoms with van der Waals surface area (Å²) in [6.07, 6.45) is 0.771. The highest BCUT2D eigenvalue weighted by molar-refractivity contribution is 5.48. The average molecular weight is 329 g/mol. The minimum Gasteiger partial charge on any atom is -0.496 e. The van der Waals surface area contributed by atoms with Crippen LogP contribution in [0.15, 0.2) is 42.5 Å². The fourth-order valence-electron chi connectivity index (χ4n) is 2.89. The lowest BCUT2D eigenvalue weighted by Gasteiger charge is -2.21. The van der Waals surface area contributed by atoms with E-state index in [0.29, 0.717) is 19.8 Å². The normalized spacial score (nSPS) is 11.8. The summed E-state index contributed by atoms with van der Waals surface area (Å²) >= 11 is 0. The van der Waals surface area contributed by atoms with Crippen molar-refractivity contribution in [3.63, 3.8) is 0 Å². The zero-order valence-corrected chi connectivity index (χ0v) is 14.7. The van der Waals surface area contributed by atoms with Gasteiger partial charge in [0.2, 0.25) is 0 Å². The lowest BCUT2D eigenvalue weighted by atomic mass is 9.91. The Balaban J connectivity index is 2.35. The van der Waals surface area contributed by atoms with Gasteiger partial charge >= 0.3 is 0 Å². The molecular weight excluding hydrogens is 302 g/mol. The molecule has 2 N–H and O–H groups in total. The number of benzene rings is 2. The van der Waals surface area contributed by atoms with Gasteiger partial charge in [0.15, 0.2) is 11.5 Å². The van der Waals surface area contributed by atoms with Crippen molar-refractivity contribution in [1.29, 1.82) is 0 Å². The van der Waals surface area contributed by atoms with E-state index in [0.717, 1.165) is 34.8 Å². The third-order valence-corrected chi connectivity index (χ3v) is 3.98. The molecule has 0 saturated carbocycles. The van der Waals surface area contributed by atoms with Gasteiger partial charge in [0.1, 0.15) is 5.75 Å². The highest BCUT2D eigenvalue weighted by Crippen LogP contribution is 2.36. The van der Waals surface area contributed by atoms with Crippen LogP contribution in [0.25, 0.3) is 0 Å². The maximum atomic E-state index is 6.07. The molecule has 4 heteroatoms. The van der Waals surface area contributed by atoms with E-state index in [1.807, 2.05) is 44.2 Å². The molecule has 0 aliphatic carbocycles. The summed E-state index contributed by atoms with van der Waals surface area (Å²) in [6.45, 7) is 5.69. The number of para-hydroxylation sites is 2. The Kier molecular flexibility index (Phi) is 6.94. The van der Waals surface area contributed by atoms with Crippen LogP contribution in [0, 0.1) is 0 Å². The predicted octanol–water partition coefficient (Wildman–Crippen LogP) is 3.78. The topological polar surface area (TPSA) is 53.7 Å². The summed E-state index contributed by atoms with van der Waals surface area (Å²) in [5.74, 6) is 2.62. The Bertz CT molecular complexity index is 643. The van der Waals surface area contributed by atoms with E-state index >= 15 is 0 Å². The lowest BCUT2D eigenvalue weighted by molar-refractivity contribution is 0.285. The molecule has 0 bridgehead atoms. The maximum absolute atomic E-state index is 6.07. The summed E-state index contributed by atoms with van der Waals surface area (Å²) in [7, 11) is 1.69. The largest absolute Gasteiger partial charge is 0.496 e. The van der Waals surface area contributed by atoms with Crippen molar-refractivity contribution in [2.75, 3.05) is 26.9 Å². The smallest absolute Gasteiger partial charge is 0.164 e. The van der Waals surface area contributed by atoms with Crippen molar-refractivity contribution in [3.8, 4) is 17.2 Å². The van der Waals surface area contributed by atoms with Crippen LogP contribution in [0.5, 0.6) is 17.2 Å². The second-order valence-corrected chi connectivity index (χ2v) is 5.49. The van der Waals surface area contributed by atoms with Crippen molar-refractivity contribution in [2.24, 2.45) is 5.73 Å². The third-order valence-electron chi connectivity index (χ3n) is 3.98. The van der Waals surface area contributed by atoms with Gasteiger partial charge < -0.3 is 19.9 Å². The summed E-state index contributed by atoms with van der Waals surface area (Å²) in [6, 6.07) is 14.0. The Labute approximate surface area is 144 Å². The zero-order chi connectivity index (χ0) is 17.4. The van der Waals surface area contributed by atoms with Gasteiger partial charge in [-0.3, -0.25) is 0 Å². The Morgan fingerprint density at radius 1 is 0.917 bits per heavy atom. The van der Waals surface area contributed by atoms with E-state index in [1.165, 1.54) is 0 Å². The number of rotatable bonds is 9. The number of methoxy groups -OCH3 is 1. The van der Waals surface area contributed by atoms with Crippen molar-refractivity contribution >= 4 is 0 Å². The van der Waals surface area contributed by atoms with Gasteiger partial charge in [0, 0.05) is 5.92 Å². The fraction of sp³-hybridized carbons (Fsp3) is 0.400. The van der Waals surface area contributed by atoms with E-state index in [9.17, 15) is 0 Å². The highest BCUT2D eigenvalue weighted by atomic mass is 16.5. The standard InChI is InChI=1S/C20H27NO3/c1-4-23-19-12-8-9-15(20(19)24-5-2)13-16(14-21)17-10-6-7-11-18(17)22-3/h6-12,16H,4-5,13-14,21H2,1-3H3. The van der Waals surface area contributed by atoms with Gasteiger partial charge in [-0.05, 0) is 50.1 Å². The second kappa shape index (κ2) is 9.18. The lowest BCUT2D eigenvalue weighted by Crippen LogP contribution is -2.16. The predicted molar refractivity (Wildman–Crippen MR) is 97.3 cm³/mol. The van der Waals surface area contributed by atoms with Crippen LogP contribution >= 0.6 is 0 Å². The van der Waals surface area contributed by atoms with Crippen LogP contribution in [-0.4, -0.2) is 26.9 Å². The highest BCUT2D eigenvalue weighted by Gasteiger charge is 2.19. The number of hydrogen-bond donors (Lipinski definition) is 1. The zero-order valence-electron chi connectivity index (χ0n) is 14.7. The van der Waals surface area contributed by atoms with Crippen LogP contribution in [0.1, 0.15) is 30.9 Å². The molecule has 4 nitrogen and oxygen atoms in total. The molecular formula is C20H27NO3. The van der Waals surface area contributed by atoms with Crippen molar-refractivity contribution in [3.05, 3.63) is 53.6 Å². The molecule has 2 aromatic rings. The molecule has 2 aromatic carbocycles. The van der Waals surface area contributed by atoms with E-state index in [-0.39, 0.29) is 5.92 Å². The first kappa shape index (κ1) is 18.1. The van der Waals surface area contributed by atoms with Crippen LogP contribution in [-0.2, 0) is 6.42 Å². The maximum Gasteiger partial charge on any atom is 0.164 e. The molecule has 0 spiro atoms. The van der Waals surface area contributed by atoms with Crippen molar-refractivity contribution < 1.29 is 14.2 Å². The fourth-order valence-corrected chi connectivity index (χ4v) is 2.89. The van der Waals surface area contributed by atoms with Gasteiger partial charge in [0.05, 0.1) is 20.3 Å². The summed E-state index contributed by atoms with van der Waals surface area (Å²) < 4.78 is 17.1. The third kappa shape index (κ3) is 4.20. The number of hydrogen-bond acceptors (Lipinski definition) is 4. The van der Waals surface area contributed by atoms with Crippen LogP contribution in [0.3, 0.4) is 0 Å². The molecule has 2 rings (SSSR count). The van der Waals surface area contributed by atoms with E-state index in [4.69, 9.17) is 19.9 Å². The first-order valence-electron chi connectivity index (χ1n) is 8.45. The average Bonchev–Trinajstić information content (AvgIpc) is 2.62. The second-order valence-electron chi connectivity index (χ2n) is 5.49. The minimum atomic E-state index is 0.150. The van der Waals surface area contributed by atoms with Crippen LogP contribution < -0.4 is 19.9 Å². The Morgan fingerprint density at radius 2 is 1.62 bits per heavy atom. The van der Waals surface area contributed by atoms with Gasteiger partial charge in [-0.25, -0.2) is 0 Å². The molecule has 0 amide bonds. The Morgan fingerprint density at radius 3 is 2.29 bits per heavy atom. The Hall–Kier alpha value is -2.20. The van der Waals surface area contributed by atoms with E-state index < -0.39 is 0 Å². The molecule has 0 heterocycles. The number of nitrogens with two attached hydrogens (primary N) is 1. The summed E-state index contributed by atoms with van der Waals surface area (Å²) in [4.78, 5) is 0. The molecule has 0 radical (unpaired) electrons. The van der Waals surface area contributed by atoms with Crippen LogP contribution in [0.2, 0.25) is 0 Å². The molecule has 1 atom stereocenters.